The van der Waals surface area contributed by atoms with E-state index in [-0.39, 0.29) is 17.4 Å². The summed E-state index contributed by atoms with van der Waals surface area (Å²) < 4.78 is 2.02. The zero-order valence-electron chi connectivity index (χ0n) is 17.7. The Bertz CT molecular complexity index is 991. The van der Waals surface area contributed by atoms with Gasteiger partial charge in [0.25, 0.3) is 5.56 Å². The highest BCUT2D eigenvalue weighted by atomic mass is 32.1. The molecule has 0 aromatic carbocycles. The predicted molar refractivity (Wildman–Crippen MR) is 118 cm³/mol. The van der Waals surface area contributed by atoms with Crippen molar-refractivity contribution in [1.29, 1.82) is 0 Å². The van der Waals surface area contributed by atoms with E-state index in [0.29, 0.717) is 18.8 Å². The largest absolute Gasteiger partial charge is 0.342 e. The normalized spacial score (nSPS) is 23.6. The summed E-state index contributed by atoms with van der Waals surface area (Å²) in [7, 11) is 0. The fourth-order valence-corrected chi connectivity index (χ4v) is 6.06. The Labute approximate surface area is 181 Å². The monoisotopic (exact) mass is 426 g/mol. The summed E-state index contributed by atoms with van der Waals surface area (Å²) in [6, 6.07) is 4.19. The van der Waals surface area contributed by atoms with Crippen LogP contribution in [0.1, 0.15) is 53.6 Å². The molecule has 0 N–H and O–H groups in total. The smallest absolute Gasteiger partial charge is 0.255 e. The standard InChI is InChI=1S/C23H30N4O2S/c1-16-24-20(15-30-16)5-7-22(28)26-11-17-10-19(14-26)21-6-4-18(23(29)27(21)12-17)13-25-8-2-3-9-25/h4,6,15,17,19H,2-3,5,7-14H2,1H3/t17-,19+/m0/s1. The fourth-order valence-electron chi connectivity index (χ4n) is 5.41. The van der Waals surface area contributed by atoms with Crippen molar-refractivity contribution in [3.63, 3.8) is 0 Å². The number of rotatable bonds is 5. The summed E-state index contributed by atoms with van der Waals surface area (Å²) in [5.41, 5.74) is 3.25. The number of thiazole rings is 1. The Hall–Kier alpha value is -1.99. The zero-order valence-corrected chi connectivity index (χ0v) is 18.5. The first-order valence-corrected chi connectivity index (χ1v) is 12.1. The number of pyridine rings is 1. The zero-order chi connectivity index (χ0) is 20.7. The van der Waals surface area contributed by atoms with Gasteiger partial charge in [-0.2, -0.15) is 0 Å². The molecule has 0 aliphatic carbocycles. The van der Waals surface area contributed by atoms with Crippen molar-refractivity contribution < 1.29 is 4.79 Å². The van der Waals surface area contributed by atoms with Gasteiger partial charge in [0, 0.05) is 55.2 Å². The highest BCUT2D eigenvalue weighted by Crippen LogP contribution is 2.35. The average molecular weight is 427 g/mol. The van der Waals surface area contributed by atoms with Gasteiger partial charge in [-0.05, 0) is 57.7 Å². The number of amides is 1. The van der Waals surface area contributed by atoms with Gasteiger partial charge in [0.15, 0.2) is 0 Å². The Morgan fingerprint density at radius 2 is 2.03 bits per heavy atom. The maximum atomic E-state index is 13.2. The molecular weight excluding hydrogens is 396 g/mol. The van der Waals surface area contributed by atoms with Gasteiger partial charge in [-0.3, -0.25) is 14.5 Å². The van der Waals surface area contributed by atoms with Gasteiger partial charge in [0.1, 0.15) is 0 Å². The Morgan fingerprint density at radius 3 is 2.80 bits per heavy atom. The topological polar surface area (TPSA) is 58.4 Å². The lowest BCUT2D eigenvalue weighted by molar-refractivity contribution is -0.133. The number of hydrogen-bond donors (Lipinski definition) is 0. The van der Waals surface area contributed by atoms with Crippen molar-refractivity contribution in [2.45, 2.75) is 58.0 Å². The lowest BCUT2D eigenvalue weighted by Crippen LogP contribution is -2.49. The van der Waals surface area contributed by atoms with Crippen LogP contribution in [-0.4, -0.2) is 51.4 Å². The minimum absolute atomic E-state index is 0.188. The second-order valence-corrected chi connectivity index (χ2v) is 10.2. The van der Waals surface area contributed by atoms with E-state index in [4.69, 9.17) is 0 Å². The molecule has 5 rings (SSSR count). The van der Waals surface area contributed by atoms with Crippen LogP contribution in [0.5, 0.6) is 0 Å². The Morgan fingerprint density at radius 1 is 1.20 bits per heavy atom. The van der Waals surface area contributed by atoms with Crippen molar-refractivity contribution in [2.24, 2.45) is 5.92 Å². The van der Waals surface area contributed by atoms with Crippen molar-refractivity contribution in [3.8, 4) is 0 Å². The van der Waals surface area contributed by atoms with Gasteiger partial charge in [-0.15, -0.1) is 11.3 Å². The Balaban J connectivity index is 1.28. The molecule has 5 heterocycles. The molecule has 0 radical (unpaired) electrons. The number of likely N-dealkylation sites (tertiary alicyclic amines) is 2. The summed E-state index contributed by atoms with van der Waals surface area (Å²) in [5.74, 6) is 0.870. The van der Waals surface area contributed by atoms with E-state index in [1.807, 2.05) is 22.5 Å². The van der Waals surface area contributed by atoms with Crippen molar-refractivity contribution in [2.75, 3.05) is 26.2 Å². The molecule has 160 valence electrons. The van der Waals surface area contributed by atoms with E-state index in [1.165, 1.54) is 12.8 Å². The summed E-state index contributed by atoms with van der Waals surface area (Å²) in [6.45, 7) is 7.22. The molecule has 6 nitrogen and oxygen atoms in total. The molecule has 0 spiro atoms. The SMILES string of the molecule is Cc1nc(CCC(=O)N2C[C@@H]3C[C@H](C2)c2ccc(CN4CCCC4)c(=O)n2C3)cs1. The van der Waals surface area contributed by atoms with Gasteiger partial charge in [0.2, 0.25) is 5.91 Å². The molecule has 3 aliphatic heterocycles. The number of hydrogen-bond acceptors (Lipinski definition) is 5. The summed E-state index contributed by atoms with van der Waals surface area (Å²) in [6.07, 6.45) is 4.79. The third kappa shape index (κ3) is 3.97. The number of carbonyl (C=O) groups is 1. The molecule has 1 amide bonds. The first-order valence-electron chi connectivity index (χ1n) is 11.2. The van der Waals surface area contributed by atoms with Crippen LogP contribution in [0.15, 0.2) is 22.3 Å². The molecule has 0 unspecified atom stereocenters. The molecule has 7 heteroatoms. The molecule has 30 heavy (non-hydrogen) atoms. The van der Waals surface area contributed by atoms with E-state index in [9.17, 15) is 9.59 Å². The Kier molecular flexibility index (Phi) is 5.50. The van der Waals surface area contributed by atoms with Crippen LogP contribution >= 0.6 is 11.3 Å². The first kappa shape index (κ1) is 19.9. The molecule has 2 bridgehead atoms. The second-order valence-electron chi connectivity index (χ2n) is 9.14. The summed E-state index contributed by atoms with van der Waals surface area (Å²) in [4.78, 5) is 34.9. The van der Waals surface area contributed by atoms with Crippen LogP contribution in [0.2, 0.25) is 0 Å². The fraction of sp³-hybridized carbons (Fsp3) is 0.609. The van der Waals surface area contributed by atoms with E-state index in [0.717, 1.165) is 67.6 Å². The molecule has 2 aromatic rings. The highest BCUT2D eigenvalue weighted by molar-refractivity contribution is 7.09. The van der Waals surface area contributed by atoms with Crippen LogP contribution in [0, 0.1) is 12.8 Å². The lowest BCUT2D eigenvalue weighted by atomic mass is 9.82. The van der Waals surface area contributed by atoms with Gasteiger partial charge < -0.3 is 9.47 Å². The minimum atomic E-state index is 0.188. The second kappa shape index (κ2) is 8.27. The van der Waals surface area contributed by atoms with Gasteiger partial charge in [0.05, 0.1) is 10.7 Å². The third-order valence-corrected chi connectivity index (χ3v) is 7.71. The molecule has 2 saturated heterocycles. The maximum absolute atomic E-state index is 13.2. The number of aromatic nitrogens is 2. The van der Waals surface area contributed by atoms with Crippen LogP contribution in [0.25, 0.3) is 0 Å². The summed E-state index contributed by atoms with van der Waals surface area (Å²) >= 11 is 1.64. The van der Waals surface area contributed by atoms with Gasteiger partial charge in [-0.25, -0.2) is 4.98 Å². The van der Waals surface area contributed by atoms with E-state index in [2.05, 4.69) is 21.3 Å². The number of aryl methyl sites for hydroxylation is 2. The molecule has 2 aromatic heterocycles. The molecule has 2 atom stereocenters. The number of fused-ring (bicyclic) bond motifs is 4. The van der Waals surface area contributed by atoms with Crippen LogP contribution in [-0.2, 0) is 24.3 Å². The third-order valence-electron chi connectivity index (χ3n) is 6.89. The average Bonchev–Trinajstić information content (AvgIpc) is 3.40. The van der Waals surface area contributed by atoms with Crippen molar-refractivity contribution in [1.82, 2.24) is 19.4 Å². The predicted octanol–water partition coefficient (Wildman–Crippen LogP) is 2.79. The van der Waals surface area contributed by atoms with Crippen LogP contribution in [0.4, 0.5) is 0 Å². The van der Waals surface area contributed by atoms with E-state index in [1.54, 1.807) is 11.3 Å². The van der Waals surface area contributed by atoms with Gasteiger partial charge in [-0.1, -0.05) is 6.07 Å². The van der Waals surface area contributed by atoms with E-state index < -0.39 is 0 Å². The molecule has 2 fully saturated rings. The molecule has 0 saturated carbocycles. The van der Waals surface area contributed by atoms with Crippen molar-refractivity contribution >= 4 is 17.2 Å². The quantitative estimate of drug-likeness (QED) is 0.738. The highest BCUT2D eigenvalue weighted by Gasteiger charge is 2.36. The van der Waals surface area contributed by atoms with Crippen molar-refractivity contribution in [3.05, 3.63) is 49.8 Å². The number of piperidine rings is 1. The van der Waals surface area contributed by atoms with Crippen LogP contribution in [0.3, 0.4) is 0 Å². The maximum Gasteiger partial charge on any atom is 0.255 e. The number of nitrogens with zero attached hydrogens (tertiary/aromatic N) is 4. The molecular formula is C23H30N4O2S. The van der Waals surface area contributed by atoms with Gasteiger partial charge >= 0.3 is 0 Å². The lowest BCUT2D eigenvalue weighted by Gasteiger charge is -2.43. The van der Waals surface area contributed by atoms with Crippen LogP contribution < -0.4 is 5.56 Å². The van der Waals surface area contributed by atoms with E-state index >= 15 is 0 Å². The summed E-state index contributed by atoms with van der Waals surface area (Å²) in [5, 5.41) is 3.10. The minimum Gasteiger partial charge on any atom is -0.342 e. The number of carbonyl (C=O) groups excluding carboxylic acids is 1. The molecule has 3 aliphatic rings. The first-order chi connectivity index (χ1) is 14.6.